The fourth-order valence-electron chi connectivity index (χ4n) is 1.39. The van der Waals surface area contributed by atoms with Crippen LogP contribution in [0.1, 0.15) is 16.1 Å². The number of rotatable bonds is 4. The highest BCUT2D eigenvalue weighted by molar-refractivity contribution is 5.85. The van der Waals surface area contributed by atoms with Crippen LogP contribution in [0.4, 0.5) is 4.39 Å². The lowest BCUT2D eigenvalue weighted by Gasteiger charge is -2.07. The van der Waals surface area contributed by atoms with Crippen LogP contribution in [0.5, 0.6) is 5.75 Å². The number of carboxylic acids is 1. The number of benzene rings is 1. The maximum atomic E-state index is 13.3. The molecule has 1 heterocycles. The SMILES string of the molecule is O=C(O)c1cc(OCc2ccccc2F)ccn1. The summed E-state index contributed by atoms with van der Waals surface area (Å²) in [4.78, 5) is 14.4. The molecule has 0 amide bonds. The number of aromatic carboxylic acids is 1. The first-order valence-electron chi connectivity index (χ1n) is 5.22. The molecule has 18 heavy (non-hydrogen) atoms. The number of hydrogen-bond acceptors (Lipinski definition) is 3. The molecule has 0 radical (unpaired) electrons. The summed E-state index contributed by atoms with van der Waals surface area (Å²) in [5.41, 5.74) is 0.298. The quantitative estimate of drug-likeness (QED) is 0.901. The maximum absolute atomic E-state index is 13.3. The van der Waals surface area contributed by atoms with Crippen LogP contribution < -0.4 is 4.74 Å². The Hall–Kier alpha value is -2.43. The van der Waals surface area contributed by atoms with Gasteiger partial charge in [0, 0.05) is 17.8 Å². The first kappa shape index (κ1) is 12.0. The van der Waals surface area contributed by atoms with Crippen LogP contribution in [0, 0.1) is 5.82 Å². The third-order valence-electron chi connectivity index (χ3n) is 2.30. The summed E-state index contributed by atoms with van der Waals surface area (Å²) < 4.78 is 18.6. The molecule has 1 N–H and O–H groups in total. The lowest BCUT2D eigenvalue weighted by atomic mass is 10.2. The Kier molecular flexibility index (Phi) is 3.52. The largest absolute Gasteiger partial charge is 0.489 e. The standard InChI is InChI=1S/C13H10FNO3/c14-11-4-2-1-3-9(11)8-18-10-5-6-15-12(7-10)13(16)17/h1-7H,8H2,(H,16,17). The number of carbonyl (C=O) groups is 1. The van der Waals surface area contributed by atoms with Crippen molar-refractivity contribution in [1.29, 1.82) is 0 Å². The Morgan fingerprint density at radius 1 is 1.33 bits per heavy atom. The van der Waals surface area contributed by atoms with Gasteiger partial charge in [-0.1, -0.05) is 18.2 Å². The molecule has 0 bridgehead atoms. The summed E-state index contributed by atoms with van der Waals surface area (Å²) in [6.45, 7) is 0.0374. The van der Waals surface area contributed by atoms with E-state index in [0.717, 1.165) is 0 Å². The van der Waals surface area contributed by atoms with Crippen molar-refractivity contribution in [2.45, 2.75) is 6.61 Å². The number of carboxylic acid groups (broad SMARTS) is 1. The predicted octanol–water partition coefficient (Wildman–Crippen LogP) is 2.50. The van der Waals surface area contributed by atoms with Gasteiger partial charge in [0.05, 0.1) is 0 Å². The highest BCUT2D eigenvalue weighted by atomic mass is 19.1. The summed E-state index contributed by atoms with van der Waals surface area (Å²) in [5.74, 6) is -1.15. The summed E-state index contributed by atoms with van der Waals surface area (Å²) in [6.07, 6.45) is 1.33. The van der Waals surface area contributed by atoms with Gasteiger partial charge >= 0.3 is 5.97 Å². The number of hydrogen-bond donors (Lipinski definition) is 1. The second-order valence-corrected chi connectivity index (χ2v) is 3.56. The third-order valence-corrected chi connectivity index (χ3v) is 2.30. The van der Waals surface area contributed by atoms with Crippen LogP contribution in [0.3, 0.4) is 0 Å². The molecule has 0 aliphatic rings. The van der Waals surface area contributed by atoms with Crippen molar-refractivity contribution in [3.63, 3.8) is 0 Å². The van der Waals surface area contributed by atoms with Crippen LogP contribution in [0.25, 0.3) is 0 Å². The van der Waals surface area contributed by atoms with Gasteiger partial charge in [-0.3, -0.25) is 0 Å². The van der Waals surface area contributed by atoms with Crippen LogP contribution in [-0.2, 0) is 6.61 Å². The zero-order chi connectivity index (χ0) is 13.0. The van der Waals surface area contributed by atoms with Crippen LogP contribution >= 0.6 is 0 Å². The molecule has 0 fully saturated rings. The zero-order valence-electron chi connectivity index (χ0n) is 9.34. The molecule has 0 saturated heterocycles. The minimum atomic E-state index is -1.13. The average molecular weight is 247 g/mol. The first-order valence-corrected chi connectivity index (χ1v) is 5.22. The van der Waals surface area contributed by atoms with Crippen molar-refractivity contribution in [1.82, 2.24) is 4.98 Å². The molecule has 0 spiro atoms. The molecule has 0 aliphatic carbocycles. The molecule has 92 valence electrons. The lowest BCUT2D eigenvalue weighted by molar-refractivity contribution is 0.0690. The first-order chi connectivity index (χ1) is 8.66. The minimum absolute atomic E-state index is 0.0374. The second kappa shape index (κ2) is 5.27. The molecular weight excluding hydrogens is 237 g/mol. The van der Waals surface area contributed by atoms with Crippen LogP contribution in [0.15, 0.2) is 42.6 Å². The molecule has 2 rings (SSSR count). The molecule has 1 aromatic heterocycles. The van der Waals surface area contributed by atoms with Gasteiger partial charge in [-0.25, -0.2) is 14.2 Å². The van der Waals surface area contributed by atoms with Crippen molar-refractivity contribution in [2.24, 2.45) is 0 Å². The average Bonchev–Trinajstić information content (AvgIpc) is 2.38. The third kappa shape index (κ3) is 2.82. The molecular formula is C13H10FNO3. The molecule has 0 unspecified atom stereocenters. The van der Waals surface area contributed by atoms with Gasteiger partial charge in [-0.05, 0) is 12.1 Å². The fraction of sp³-hybridized carbons (Fsp3) is 0.0769. The maximum Gasteiger partial charge on any atom is 0.354 e. The molecule has 5 heteroatoms. The lowest BCUT2D eigenvalue weighted by Crippen LogP contribution is -2.02. The van der Waals surface area contributed by atoms with Gasteiger partial charge in [-0.15, -0.1) is 0 Å². The topological polar surface area (TPSA) is 59.4 Å². The second-order valence-electron chi connectivity index (χ2n) is 3.56. The zero-order valence-corrected chi connectivity index (χ0v) is 9.34. The van der Waals surface area contributed by atoms with E-state index in [1.807, 2.05) is 0 Å². The minimum Gasteiger partial charge on any atom is -0.489 e. The smallest absolute Gasteiger partial charge is 0.354 e. The van der Waals surface area contributed by atoms with E-state index in [2.05, 4.69) is 4.98 Å². The Morgan fingerprint density at radius 3 is 2.83 bits per heavy atom. The molecule has 0 aliphatic heterocycles. The van der Waals surface area contributed by atoms with Crippen LogP contribution in [0.2, 0.25) is 0 Å². The predicted molar refractivity (Wildman–Crippen MR) is 61.9 cm³/mol. The Bertz CT molecular complexity index is 572. The summed E-state index contributed by atoms with van der Waals surface area (Å²) in [5, 5.41) is 8.76. The van der Waals surface area contributed by atoms with E-state index >= 15 is 0 Å². The van der Waals surface area contributed by atoms with Crippen LogP contribution in [-0.4, -0.2) is 16.1 Å². The van der Waals surface area contributed by atoms with E-state index in [9.17, 15) is 9.18 Å². The molecule has 2 aromatic rings. The van der Waals surface area contributed by atoms with Crippen molar-refractivity contribution >= 4 is 5.97 Å². The monoisotopic (exact) mass is 247 g/mol. The van der Waals surface area contributed by atoms with Crippen molar-refractivity contribution in [2.75, 3.05) is 0 Å². The van der Waals surface area contributed by atoms with E-state index in [1.165, 1.54) is 24.4 Å². The Balaban J connectivity index is 2.09. The number of halogens is 1. The molecule has 1 aromatic carbocycles. The van der Waals surface area contributed by atoms with E-state index < -0.39 is 5.97 Å². The van der Waals surface area contributed by atoms with Crippen molar-refractivity contribution in [3.8, 4) is 5.75 Å². The number of aromatic nitrogens is 1. The summed E-state index contributed by atoms with van der Waals surface area (Å²) in [6, 6.07) is 9.06. The molecule has 4 nitrogen and oxygen atoms in total. The molecule has 0 atom stereocenters. The van der Waals surface area contributed by atoms with Gasteiger partial charge in [-0.2, -0.15) is 0 Å². The van der Waals surface area contributed by atoms with E-state index in [-0.39, 0.29) is 18.1 Å². The normalized spacial score (nSPS) is 10.1. The fourth-order valence-corrected chi connectivity index (χ4v) is 1.39. The van der Waals surface area contributed by atoms with Crippen molar-refractivity contribution < 1.29 is 19.0 Å². The Morgan fingerprint density at radius 2 is 2.11 bits per heavy atom. The molecule has 0 saturated carbocycles. The highest BCUT2D eigenvalue weighted by Crippen LogP contribution is 2.14. The number of nitrogens with zero attached hydrogens (tertiary/aromatic N) is 1. The van der Waals surface area contributed by atoms with Gasteiger partial charge in [0.25, 0.3) is 0 Å². The number of pyridine rings is 1. The van der Waals surface area contributed by atoms with E-state index in [4.69, 9.17) is 9.84 Å². The van der Waals surface area contributed by atoms with E-state index in [1.54, 1.807) is 18.2 Å². The number of ether oxygens (including phenoxy) is 1. The summed E-state index contributed by atoms with van der Waals surface area (Å²) in [7, 11) is 0. The summed E-state index contributed by atoms with van der Waals surface area (Å²) >= 11 is 0. The van der Waals surface area contributed by atoms with E-state index in [0.29, 0.717) is 11.3 Å². The van der Waals surface area contributed by atoms with Crippen molar-refractivity contribution in [3.05, 3.63) is 59.7 Å². The van der Waals surface area contributed by atoms with Gasteiger partial charge in [0.1, 0.15) is 18.2 Å². The van der Waals surface area contributed by atoms with Gasteiger partial charge in [0.2, 0.25) is 0 Å². The Labute approximate surface area is 103 Å². The highest BCUT2D eigenvalue weighted by Gasteiger charge is 2.06. The van der Waals surface area contributed by atoms with Gasteiger partial charge in [0.15, 0.2) is 5.69 Å². The van der Waals surface area contributed by atoms with Gasteiger partial charge < -0.3 is 9.84 Å².